The number of hydrogen-bond acceptors (Lipinski definition) is 13. The van der Waals surface area contributed by atoms with E-state index in [0.717, 1.165) is 11.1 Å². The third-order valence-electron chi connectivity index (χ3n) is 13.7. The number of nitrogens with two attached hydrogens (primary N) is 2. The lowest BCUT2D eigenvalue weighted by molar-refractivity contribution is -0.174. The number of aromatic nitrogens is 2. The minimum Gasteiger partial charge on any atom is -0.351 e. The molecule has 0 bridgehead atoms. The molecule has 0 aliphatic carbocycles. The van der Waals surface area contributed by atoms with Crippen LogP contribution >= 0.6 is 0 Å². The monoisotopic (exact) mass is 1100 g/mol. The van der Waals surface area contributed by atoms with Gasteiger partial charge in [-0.3, -0.25) is 19.3 Å². The van der Waals surface area contributed by atoms with Gasteiger partial charge < -0.3 is 26.6 Å². The Morgan fingerprint density at radius 1 is 0.636 bits per heavy atom. The normalized spacial score (nSPS) is 17.3. The molecule has 3 atom stereocenters. The van der Waals surface area contributed by atoms with E-state index in [1.165, 1.54) is 30.3 Å². The highest BCUT2D eigenvalue weighted by Gasteiger charge is 2.52. The van der Waals surface area contributed by atoms with Gasteiger partial charge >= 0.3 is 12.4 Å². The summed E-state index contributed by atoms with van der Waals surface area (Å²) in [6.07, 6.45) is -11.3. The van der Waals surface area contributed by atoms with Gasteiger partial charge in [0.1, 0.15) is 23.7 Å². The molecule has 402 valence electrons. The number of halogens is 6. The van der Waals surface area contributed by atoms with Gasteiger partial charge in [0, 0.05) is 49.1 Å². The molecule has 3 aliphatic heterocycles. The van der Waals surface area contributed by atoms with Crippen molar-refractivity contribution >= 4 is 76.5 Å². The molecule has 23 heteroatoms. The first-order chi connectivity index (χ1) is 36.3. The van der Waals surface area contributed by atoms with Gasteiger partial charge in [0.15, 0.2) is 19.7 Å². The Hall–Kier alpha value is -7.47. The fraction of sp³-hybridized carbons (Fsp3) is 0.278. The van der Waals surface area contributed by atoms with E-state index in [0.29, 0.717) is 56.7 Å². The number of nitrogens with one attached hydrogen (secondary N) is 1. The predicted molar refractivity (Wildman–Crippen MR) is 278 cm³/mol. The van der Waals surface area contributed by atoms with Crippen molar-refractivity contribution in [3.05, 3.63) is 160 Å². The van der Waals surface area contributed by atoms with Gasteiger partial charge in [-0.25, -0.2) is 26.8 Å². The van der Waals surface area contributed by atoms with Crippen molar-refractivity contribution in [2.75, 3.05) is 39.7 Å². The summed E-state index contributed by atoms with van der Waals surface area (Å²) >= 11 is 0. The average Bonchev–Trinajstić information content (AvgIpc) is 3.45. The van der Waals surface area contributed by atoms with Crippen molar-refractivity contribution in [3.63, 3.8) is 0 Å². The Kier molecular flexibility index (Phi) is 14.7. The van der Waals surface area contributed by atoms with Crippen molar-refractivity contribution < 1.29 is 57.6 Å². The van der Waals surface area contributed by atoms with Crippen molar-refractivity contribution in [2.45, 2.75) is 80.0 Å². The van der Waals surface area contributed by atoms with Crippen LogP contribution in [0.2, 0.25) is 0 Å². The number of amides is 3. The third-order valence-corrected chi connectivity index (χ3v) is 17.3. The number of fused-ring (bicyclic) bond motifs is 5. The fourth-order valence-electron chi connectivity index (χ4n) is 9.68. The van der Waals surface area contributed by atoms with E-state index < -0.39 is 80.7 Å². The summed E-state index contributed by atoms with van der Waals surface area (Å²) in [5.41, 5.74) is 15.9. The van der Waals surface area contributed by atoms with E-state index in [2.05, 4.69) is 10.3 Å². The second kappa shape index (κ2) is 20.8. The number of hydrogen-bond donors (Lipinski definition) is 3. The summed E-state index contributed by atoms with van der Waals surface area (Å²) in [6, 6.07) is 26.9. The van der Waals surface area contributed by atoms with E-state index in [-0.39, 0.29) is 62.6 Å². The number of nitrogens with zero attached hydrogens (tertiary/aromatic N) is 5. The largest absolute Gasteiger partial charge is 0.409 e. The summed E-state index contributed by atoms with van der Waals surface area (Å²) in [6.45, 7) is 4.46. The summed E-state index contributed by atoms with van der Waals surface area (Å²) in [5, 5.41) is 3.66. The minimum atomic E-state index is -5.09. The highest BCUT2D eigenvalue weighted by Crippen LogP contribution is 2.37. The average molecular weight is 1100 g/mol. The van der Waals surface area contributed by atoms with Crippen LogP contribution < -0.4 is 26.6 Å². The molecule has 3 amide bonds. The molecule has 7 aromatic rings. The lowest BCUT2D eigenvalue weighted by atomic mass is 9.95. The Bertz CT molecular complexity index is 3700. The molecule has 15 nitrogen and oxygen atoms in total. The van der Waals surface area contributed by atoms with Crippen molar-refractivity contribution in [1.29, 1.82) is 0 Å². The number of aryl methyl sites for hydroxylation is 2. The number of benzene rings is 5. The molecular formula is C54H50F6N8O7S2. The zero-order valence-electron chi connectivity index (χ0n) is 41.3. The Labute approximate surface area is 438 Å². The topological polar surface area (TPSA) is 219 Å². The molecular weight excluding hydrogens is 1050 g/mol. The van der Waals surface area contributed by atoms with Gasteiger partial charge in [-0.05, 0) is 91.6 Å². The molecule has 0 fully saturated rings. The lowest BCUT2D eigenvalue weighted by Gasteiger charge is -2.28. The van der Waals surface area contributed by atoms with Crippen molar-refractivity contribution in [3.8, 4) is 0 Å². The second-order valence-corrected chi connectivity index (χ2v) is 23.3. The van der Waals surface area contributed by atoms with Crippen LogP contribution in [0.4, 0.5) is 43.7 Å². The molecule has 5 N–H and O–H groups in total. The molecule has 0 radical (unpaired) electrons. The van der Waals surface area contributed by atoms with E-state index >= 15 is 0 Å². The Balaban J connectivity index is 0.000000196. The van der Waals surface area contributed by atoms with E-state index in [1.807, 2.05) is 24.0 Å². The standard InChI is InChI=1S/C31H25F3N4O5S.C23H25F3N4O2S/c1-18-10-11-23-22(14-18)24(15-27(35-23)37-12-13-44(42,43)25-9-5-2-6-19(25)17-37)36-28(39)16-26(31(32,33)34)38-29(40)20-7-3-4-8-21(20)30(38)41;1-14-6-7-19-17(10-14)16(18(27)12-21(28)23(24,25)26)11-22(29-19)30-8-9-33(31,32)20-5-3-2-4-15(20)13-30/h2-11,14-15,26H,12-13,16-17H2,1H3,(H,35,36,39);2-7,10-11,18,21H,8-9,12-13,27-28H2,1H3. The van der Waals surface area contributed by atoms with Crippen LogP contribution in [0, 0.1) is 13.8 Å². The van der Waals surface area contributed by atoms with Gasteiger partial charge in [-0.15, -0.1) is 0 Å². The SMILES string of the molecule is Cc1ccc2nc(N3CCS(=O)(=O)c4ccccc4C3)cc(C(N)CC(N)C(F)(F)F)c2c1.Cc1ccc2nc(N3CCS(=O)(=O)c4ccccc4C3)cc(NC(=O)CC(N3C(=O)c4ccccc4C3=O)C(F)(F)F)c2c1. The molecule has 5 heterocycles. The van der Waals surface area contributed by atoms with E-state index in [4.69, 9.17) is 16.5 Å². The molecule has 3 aliphatic rings. The van der Waals surface area contributed by atoms with Crippen LogP contribution in [0.15, 0.2) is 131 Å². The van der Waals surface area contributed by atoms with Gasteiger partial charge in [-0.1, -0.05) is 71.8 Å². The summed E-state index contributed by atoms with van der Waals surface area (Å²) in [7, 11) is -7.03. The molecule has 2 aromatic heterocycles. The van der Waals surface area contributed by atoms with Gasteiger partial charge in [0.25, 0.3) is 11.8 Å². The maximum atomic E-state index is 14.3. The molecule has 0 saturated heterocycles. The fourth-order valence-corrected chi connectivity index (χ4v) is 12.7. The Morgan fingerprint density at radius 2 is 1.10 bits per heavy atom. The minimum absolute atomic E-state index is 0.0880. The van der Waals surface area contributed by atoms with Crippen molar-refractivity contribution in [1.82, 2.24) is 14.9 Å². The van der Waals surface area contributed by atoms with Crippen LogP contribution in [-0.4, -0.2) is 98.5 Å². The van der Waals surface area contributed by atoms with Crippen LogP contribution in [-0.2, 0) is 37.6 Å². The number of anilines is 3. The number of carbonyl (C=O) groups excluding carboxylic acids is 3. The maximum absolute atomic E-state index is 14.3. The van der Waals surface area contributed by atoms with Crippen LogP contribution in [0.3, 0.4) is 0 Å². The van der Waals surface area contributed by atoms with Crippen LogP contribution in [0.5, 0.6) is 0 Å². The smallest absolute Gasteiger partial charge is 0.351 e. The lowest BCUT2D eigenvalue weighted by Crippen LogP contribution is -2.50. The molecule has 0 saturated carbocycles. The molecule has 10 rings (SSSR count). The maximum Gasteiger partial charge on any atom is 0.409 e. The first kappa shape index (κ1) is 54.3. The van der Waals surface area contributed by atoms with Crippen molar-refractivity contribution in [2.24, 2.45) is 11.5 Å². The zero-order valence-corrected chi connectivity index (χ0v) is 42.9. The number of pyridine rings is 2. The van der Waals surface area contributed by atoms with E-state index in [9.17, 15) is 57.6 Å². The highest BCUT2D eigenvalue weighted by molar-refractivity contribution is 7.91. The summed E-state index contributed by atoms with van der Waals surface area (Å²) in [5.74, 6) is -2.83. The number of alkyl halides is 6. The molecule has 77 heavy (non-hydrogen) atoms. The third kappa shape index (κ3) is 11.3. The second-order valence-electron chi connectivity index (χ2n) is 19.2. The molecule has 0 spiro atoms. The summed E-state index contributed by atoms with van der Waals surface area (Å²) < 4.78 is 133. The van der Waals surface area contributed by atoms with Gasteiger partial charge in [0.2, 0.25) is 5.91 Å². The number of carbonyl (C=O) groups is 3. The number of rotatable bonds is 9. The highest BCUT2D eigenvalue weighted by atomic mass is 32.2. The summed E-state index contributed by atoms with van der Waals surface area (Å²) in [4.78, 5) is 52.5. The van der Waals surface area contributed by atoms with Gasteiger partial charge in [0.05, 0.1) is 55.6 Å². The first-order valence-electron chi connectivity index (χ1n) is 24.1. The van der Waals surface area contributed by atoms with E-state index in [1.54, 1.807) is 90.7 Å². The van der Waals surface area contributed by atoms with Crippen LogP contribution in [0.1, 0.15) is 67.4 Å². The quantitative estimate of drug-likeness (QED) is 0.0913. The first-order valence-corrected chi connectivity index (χ1v) is 27.4. The van der Waals surface area contributed by atoms with Crippen LogP contribution in [0.25, 0.3) is 21.8 Å². The van der Waals surface area contributed by atoms with Gasteiger partial charge in [-0.2, -0.15) is 26.3 Å². The Morgan fingerprint density at radius 3 is 1.61 bits per heavy atom. The number of sulfone groups is 2. The zero-order chi connectivity index (χ0) is 55.4. The molecule has 5 aromatic carbocycles. The molecule has 3 unspecified atom stereocenters. The number of imide groups is 1. The predicted octanol–water partition coefficient (Wildman–Crippen LogP) is 8.51.